The zero-order valence-electron chi connectivity index (χ0n) is 14.4. The summed E-state index contributed by atoms with van der Waals surface area (Å²) < 4.78 is 5.87. The molecule has 0 saturated carbocycles. The van der Waals surface area contributed by atoms with Crippen molar-refractivity contribution in [1.82, 2.24) is 14.8 Å². The lowest BCUT2D eigenvalue weighted by Gasteiger charge is -2.32. The van der Waals surface area contributed by atoms with Crippen LogP contribution >= 0.6 is 0 Å². The maximum atomic E-state index is 12.3. The summed E-state index contributed by atoms with van der Waals surface area (Å²) in [4.78, 5) is 42.4. The zero-order valence-corrected chi connectivity index (χ0v) is 14.4. The van der Waals surface area contributed by atoms with E-state index in [4.69, 9.17) is 4.74 Å². The summed E-state index contributed by atoms with van der Waals surface area (Å²) in [6, 6.07) is 1.86. The average Bonchev–Trinajstić information content (AvgIpc) is 2.93. The first-order valence-electron chi connectivity index (χ1n) is 8.69. The molecule has 134 valence electrons. The number of aryl methyl sites for hydroxylation is 1. The van der Waals surface area contributed by atoms with Gasteiger partial charge in [-0.05, 0) is 31.7 Å². The summed E-state index contributed by atoms with van der Waals surface area (Å²) in [6.45, 7) is 3.74. The van der Waals surface area contributed by atoms with Crippen molar-refractivity contribution in [2.24, 2.45) is 5.92 Å². The number of carbonyl (C=O) groups is 3. The van der Waals surface area contributed by atoms with Crippen LogP contribution in [0.25, 0.3) is 0 Å². The number of hydrogen-bond donors (Lipinski definition) is 0. The molecule has 0 radical (unpaired) electrons. The van der Waals surface area contributed by atoms with Gasteiger partial charge < -0.3 is 9.64 Å². The lowest BCUT2D eigenvalue weighted by atomic mass is 9.97. The third kappa shape index (κ3) is 4.15. The van der Waals surface area contributed by atoms with Crippen LogP contribution in [0.2, 0.25) is 0 Å². The number of carbonyl (C=O) groups excluding carboxylic acids is 3. The van der Waals surface area contributed by atoms with Crippen LogP contribution in [0.4, 0.5) is 0 Å². The SMILES string of the molecule is Cc1cnccc1OCC1CCN(C(=O)CN2C(=O)CCC2=O)CC1. The third-order valence-electron chi connectivity index (χ3n) is 4.86. The van der Waals surface area contributed by atoms with Gasteiger partial charge in [0.25, 0.3) is 0 Å². The van der Waals surface area contributed by atoms with Gasteiger partial charge in [0.05, 0.1) is 6.61 Å². The van der Waals surface area contributed by atoms with Crippen LogP contribution in [0.15, 0.2) is 18.5 Å². The Hall–Kier alpha value is -2.44. The van der Waals surface area contributed by atoms with E-state index in [9.17, 15) is 14.4 Å². The molecule has 0 atom stereocenters. The van der Waals surface area contributed by atoms with Gasteiger partial charge >= 0.3 is 0 Å². The summed E-state index contributed by atoms with van der Waals surface area (Å²) in [5.74, 6) is 0.614. The maximum absolute atomic E-state index is 12.3. The Morgan fingerprint density at radius 3 is 2.56 bits per heavy atom. The molecular weight excluding hydrogens is 322 g/mol. The standard InChI is InChI=1S/C18H23N3O4/c1-13-10-19-7-4-15(13)25-12-14-5-8-20(9-6-14)18(24)11-21-16(22)2-3-17(21)23/h4,7,10,14H,2-3,5-6,8-9,11-12H2,1H3. The second-order valence-corrected chi connectivity index (χ2v) is 6.65. The summed E-state index contributed by atoms with van der Waals surface area (Å²) in [5, 5.41) is 0. The Morgan fingerprint density at radius 2 is 1.92 bits per heavy atom. The highest BCUT2D eigenvalue weighted by Gasteiger charge is 2.32. The fourth-order valence-electron chi connectivity index (χ4n) is 3.21. The molecule has 3 amide bonds. The number of imide groups is 1. The van der Waals surface area contributed by atoms with E-state index in [1.165, 1.54) is 0 Å². The fraction of sp³-hybridized carbons (Fsp3) is 0.556. The van der Waals surface area contributed by atoms with Gasteiger partial charge in [0.1, 0.15) is 12.3 Å². The molecule has 3 rings (SSSR count). The molecule has 0 N–H and O–H groups in total. The minimum atomic E-state index is -0.241. The largest absolute Gasteiger partial charge is 0.493 e. The van der Waals surface area contributed by atoms with Crippen LogP contribution in [0.5, 0.6) is 5.75 Å². The fourth-order valence-corrected chi connectivity index (χ4v) is 3.21. The number of aromatic nitrogens is 1. The van der Waals surface area contributed by atoms with E-state index in [2.05, 4.69) is 4.98 Å². The van der Waals surface area contributed by atoms with Gasteiger partial charge in [0, 0.05) is 43.9 Å². The molecule has 2 saturated heterocycles. The van der Waals surface area contributed by atoms with E-state index in [1.807, 2.05) is 13.0 Å². The second kappa shape index (κ2) is 7.63. The molecule has 0 aromatic carbocycles. The highest BCUT2D eigenvalue weighted by molar-refractivity contribution is 6.04. The molecule has 2 fully saturated rings. The summed E-state index contributed by atoms with van der Waals surface area (Å²) >= 11 is 0. The predicted octanol–water partition coefficient (Wildman–Crippen LogP) is 1.16. The number of rotatable bonds is 5. The van der Waals surface area contributed by atoms with Crippen molar-refractivity contribution in [2.45, 2.75) is 32.6 Å². The van der Waals surface area contributed by atoms with Crippen molar-refractivity contribution in [1.29, 1.82) is 0 Å². The van der Waals surface area contributed by atoms with E-state index in [0.29, 0.717) is 25.6 Å². The Morgan fingerprint density at radius 1 is 1.24 bits per heavy atom. The molecule has 0 spiro atoms. The van der Waals surface area contributed by atoms with Gasteiger partial charge in [-0.15, -0.1) is 0 Å². The molecule has 2 aliphatic rings. The number of piperidine rings is 1. The zero-order chi connectivity index (χ0) is 17.8. The Bertz CT molecular complexity index is 652. The van der Waals surface area contributed by atoms with E-state index in [0.717, 1.165) is 29.1 Å². The van der Waals surface area contributed by atoms with Crippen LogP contribution in [-0.2, 0) is 14.4 Å². The molecule has 3 heterocycles. The number of ether oxygens (including phenoxy) is 1. The summed E-state index contributed by atoms with van der Waals surface area (Å²) in [6.07, 6.45) is 5.65. The van der Waals surface area contributed by atoms with Gasteiger partial charge in [-0.25, -0.2) is 0 Å². The van der Waals surface area contributed by atoms with Crippen molar-refractivity contribution < 1.29 is 19.1 Å². The first-order chi connectivity index (χ1) is 12.0. The molecule has 7 nitrogen and oxygen atoms in total. The molecule has 25 heavy (non-hydrogen) atoms. The minimum Gasteiger partial charge on any atom is -0.493 e. The number of pyridine rings is 1. The van der Waals surface area contributed by atoms with Crippen LogP contribution in [0.1, 0.15) is 31.2 Å². The van der Waals surface area contributed by atoms with E-state index in [-0.39, 0.29) is 37.1 Å². The van der Waals surface area contributed by atoms with Crippen LogP contribution in [-0.4, -0.2) is 58.7 Å². The first kappa shape index (κ1) is 17.4. The van der Waals surface area contributed by atoms with Crippen LogP contribution in [0.3, 0.4) is 0 Å². The van der Waals surface area contributed by atoms with Crippen LogP contribution < -0.4 is 4.74 Å². The molecule has 7 heteroatoms. The predicted molar refractivity (Wildman–Crippen MR) is 89.7 cm³/mol. The number of likely N-dealkylation sites (tertiary alicyclic amines) is 2. The lowest BCUT2D eigenvalue weighted by Crippen LogP contribution is -2.46. The highest BCUT2D eigenvalue weighted by atomic mass is 16.5. The normalized spacial score (nSPS) is 18.8. The van der Waals surface area contributed by atoms with Gasteiger partial charge in [0.2, 0.25) is 17.7 Å². The van der Waals surface area contributed by atoms with Gasteiger partial charge in [-0.2, -0.15) is 0 Å². The number of nitrogens with zero attached hydrogens (tertiary/aromatic N) is 3. The quantitative estimate of drug-likeness (QED) is 0.748. The van der Waals surface area contributed by atoms with Gasteiger partial charge in [0.15, 0.2) is 0 Å². The molecule has 0 bridgehead atoms. The molecule has 2 aliphatic heterocycles. The smallest absolute Gasteiger partial charge is 0.242 e. The Kier molecular flexibility index (Phi) is 5.31. The number of amides is 3. The first-order valence-corrected chi connectivity index (χ1v) is 8.69. The maximum Gasteiger partial charge on any atom is 0.242 e. The second-order valence-electron chi connectivity index (χ2n) is 6.65. The Balaban J connectivity index is 1.44. The summed E-state index contributed by atoms with van der Waals surface area (Å²) in [5.41, 5.74) is 1.01. The minimum absolute atomic E-state index is 0.116. The van der Waals surface area contributed by atoms with Gasteiger partial charge in [-0.1, -0.05) is 0 Å². The monoisotopic (exact) mass is 345 g/mol. The van der Waals surface area contributed by atoms with E-state index >= 15 is 0 Å². The molecule has 0 unspecified atom stereocenters. The van der Waals surface area contributed by atoms with Crippen molar-refractivity contribution in [2.75, 3.05) is 26.2 Å². The van der Waals surface area contributed by atoms with E-state index < -0.39 is 0 Å². The third-order valence-corrected chi connectivity index (χ3v) is 4.86. The van der Waals surface area contributed by atoms with Crippen molar-refractivity contribution >= 4 is 17.7 Å². The van der Waals surface area contributed by atoms with Crippen LogP contribution in [0, 0.1) is 12.8 Å². The lowest BCUT2D eigenvalue weighted by molar-refractivity contribution is -0.146. The molecule has 1 aromatic rings. The molecular formula is C18H23N3O4. The average molecular weight is 345 g/mol. The van der Waals surface area contributed by atoms with Crippen molar-refractivity contribution in [3.05, 3.63) is 24.0 Å². The van der Waals surface area contributed by atoms with Gasteiger partial charge in [-0.3, -0.25) is 24.3 Å². The Labute approximate surface area is 147 Å². The highest BCUT2D eigenvalue weighted by Crippen LogP contribution is 2.21. The topological polar surface area (TPSA) is 79.8 Å². The number of hydrogen-bond acceptors (Lipinski definition) is 5. The van der Waals surface area contributed by atoms with Crippen molar-refractivity contribution in [3.63, 3.8) is 0 Å². The summed E-state index contributed by atoms with van der Waals surface area (Å²) in [7, 11) is 0. The molecule has 0 aliphatic carbocycles. The molecule has 1 aromatic heterocycles. The van der Waals surface area contributed by atoms with E-state index in [1.54, 1.807) is 17.3 Å². The van der Waals surface area contributed by atoms with Crippen molar-refractivity contribution in [3.8, 4) is 5.75 Å².